The van der Waals surface area contributed by atoms with Crippen LogP contribution in [0.15, 0.2) is 30.7 Å². The summed E-state index contributed by atoms with van der Waals surface area (Å²) in [6, 6.07) is 3.77. The summed E-state index contributed by atoms with van der Waals surface area (Å²) in [5, 5.41) is 0. The molecule has 0 amide bonds. The fraction of sp³-hybridized carbons (Fsp3) is 0.167. The largest absolute Gasteiger partial charge is 0.481 e. The predicted molar refractivity (Wildman–Crippen MR) is 63.2 cm³/mol. The van der Waals surface area contributed by atoms with E-state index in [1.54, 1.807) is 25.7 Å². The Morgan fingerprint density at radius 2 is 2.12 bits per heavy atom. The van der Waals surface area contributed by atoms with E-state index in [1.165, 1.54) is 0 Å². The van der Waals surface area contributed by atoms with Gasteiger partial charge in [-0.1, -0.05) is 0 Å². The van der Waals surface area contributed by atoms with Crippen LogP contribution in [-0.2, 0) is 0 Å². The van der Waals surface area contributed by atoms with Gasteiger partial charge in [-0.15, -0.1) is 0 Å². The highest BCUT2D eigenvalue weighted by Crippen LogP contribution is 2.27. The number of anilines is 1. The molecule has 0 aliphatic rings. The van der Waals surface area contributed by atoms with Crippen molar-refractivity contribution in [3.63, 3.8) is 0 Å². The lowest BCUT2D eigenvalue weighted by Crippen LogP contribution is -1.94. The summed E-state index contributed by atoms with van der Waals surface area (Å²) in [5.41, 5.74) is 9.53. The van der Waals surface area contributed by atoms with Crippen molar-refractivity contribution in [1.29, 1.82) is 0 Å². The molecule has 0 fully saturated rings. The number of nitrogen functional groups attached to an aromatic ring is 1. The van der Waals surface area contributed by atoms with Crippen molar-refractivity contribution in [2.45, 2.75) is 6.92 Å². The molecule has 0 aromatic carbocycles. The molecule has 2 rings (SSSR count). The molecule has 0 spiro atoms. The molecule has 4 heteroatoms. The number of hydrogen-bond acceptors (Lipinski definition) is 4. The van der Waals surface area contributed by atoms with E-state index in [2.05, 4.69) is 9.97 Å². The van der Waals surface area contributed by atoms with Gasteiger partial charge in [0.15, 0.2) is 0 Å². The minimum absolute atomic E-state index is 0.583. The third kappa shape index (κ3) is 1.82. The van der Waals surface area contributed by atoms with Crippen LogP contribution >= 0.6 is 0 Å². The van der Waals surface area contributed by atoms with E-state index < -0.39 is 0 Å². The molecule has 0 aliphatic carbocycles. The van der Waals surface area contributed by atoms with Gasteiger partial charge in [-0.2, -0.15) is 0 Å². The maximum Gasteiger partial charge on any atom is 0.213 e. The zero-order valence-electron chi connectivity index (χ0n) is 9.27. The van der Waals surface area contributed by atoms with Crippen molar-refractivity contribution in [2.75, 3.05) is 12.8 Å². The minimum Gasteiger partial charge on any atom is -0.481 e. The van der Waals surface area contributed by atoms with E-state index in [9.17, 15) is 0 Å². The van der Waals surface area contributed by atoms with Gasteiger partial charge in [0.2, 0.25) is 5.88 Å². The van der Waals surface area contributed by atoms with Gasteiger partial charge < -0.3 is 10.5 Å². The molecule has 2 heterocycles. The Morgan fingerprint density at radius 3 is 2.88 bits per heavy atom. The molecule has 4 nitrogen and oxygen atoms in total. The van der Waals surface area contributed by atoms with Crippen LogP contribution in [0, 0.1) is 6.92 Å². The van der Waals surface area contributed by atoms with E-state index in [0.29, 0.717) is 11.6 Å². The van der Waals surface area contributed by atoms with Crippen molar-refractivity contribution < 1.29 is 4.74 Å². The first-order valence-corrected chi connectivity index (χ1v) is 4.93. The summed E-state index contributed by atoms with van der Waals surface area (Å²) in [7, 11) is 1.59. The Balaban J connectivity index is 2.54. The number of nitrogens with two attached hydrogens (primary N) is 1. The number of nitrogens with zero attached hydrogens (tertiary/aromatic N) is 2. The molecule has 0 aliphatic heterocycles. The molecule has 2 aromatic rings. The third-order valence-corrected chi connectivity index (χ3v) is 2.51. The normalized spacial score (nSPS) is 10.1. The van der Waals surface area contributed by atoms with Gasteiger partial charge in [0.25, 0.3) is 0 Å². The van der Waals surface area contributed by atoms with Crippen LogP contribution in [0.1, 0.15) is 5.56 Å². The summed E-state index contributed by atoms with van der Waals surface area (Å²) < 4.78 is 5.08. The van der Waals surface area contributed by atoms with Crippen LogP contribution in [0.4, 0.5) is 5.69 Å². The van der Waals surface area contributed by atoms with Crippen molar-refractivity contribution in [3.05, 3.63) is 36.3 Å². The van der Waals surface area contributed by atoms with Crippen LogP contribution in [-0.4, -0.2) is 17.1 Å². The van der Waals surface area contributed by atoms with Crippen LogP contribution in [0.3, 0.4) is 0 Å². The van der Waals surface area contributed by atoms with Gasteiger partial charge in [-0.05, 0) is 24.1 Å². The fourth-order valence-corrected chi connectivity index (χ4v) is 1.52. The topological polar surface area (TPSA) is 61.0 Å². The third-order valence-electron chi connectivity index (χ3n) is 2.51. The zero-order valence-corrected chi connectivity index (χ0v) is 9.27. The lowest BCUT2D eigenvalue weighted by atomic mass is 10.0. The number of hydrogen-bond donors (Lipinski definition) is 1. The Morgan fingerprint density at radius 1 is 1.31 bits per heavy atom. The van der Waals surface area contributed by atoms with Gasteiger partial charge in [0.05, 0.1) is 19.0 Å². The molecule has 0 saturated carbocycles. The maximum absolute atomic E-state index is 5.82. The zero-order chi connectivity index (χ0) is 11.5. The molecule has 0 atom stereocenters. The number of methoxy groups -OCH3 is 1. The lowest BCUT2D eigenvalue weighted by Gasteiger charge is -2.08. The van der Waals surface area contributed by atoms with E-state index in [1.807, 2.05) is 19.1 Å². The molecule has 0 bridgehead atoms. The maximum atomic E-state index is 5.82. The monoisotopic (exact) mass is 215 g/mol. The summed E-state index contributed by atoms with van der Waals surface area (Å²) in [6.45, 7) is 1.97. The smallest absolute Gasteiger partial charge is 0.213 e. The van der Waals surface area contributed by atoms with Crippen LogP contribution in [0.25, 0.3) is 11.1 Å². The Kier molecular flexibility index (Phi) is 2.72. The summed E-state index contributed by atoms with van der Waals surface area (Å²) in [6.07, 6.45) is 5.15. The Labute approximate surface area is 94.1 Å². The minimum atomic E-state index is 0.583. The first kappa shape index (κ1) is 10.4. The van der Waals surface area contributed by atoms with Gasteiger partial charge in [-0.25, -0.2) is 4.98 Å². The summed E-state index contributed by atoms with van der Waals surface area (Å²) in [5.74, 6) is 0.583. The van der Waals surface area contributed by atoms with E-state index in [4.69, 9.17) is 10.5 Å². The highest BCUT2D eigenvalue weighted by molar-refractivity contribution is 5.71. The molecule has 0 radical (unpaired) electrons. The summed E-state index contributed by atoms with van der Waals surface area (Å²) >= 11 is 0. The second kappa shape index (κ2) is 4.18. The number of aromatic nitrogens is 2. The standard InChI is InChI=1S/C12H13N3O/c1-8-10(6-14-7-11(8)13)9-3-4-15-12(5-9)16-2/h3-7H,13H2,1-2H3. The second-order valence-electron chi connectivity index (χ2n) is 3.49. The second-order valence-corrected chi connectivity index (χ2v) is 3.49. The van der Waals surface area contributed by atoms with Crippen molar-refractivity contribution in [3.8, 4) is 17.0 Å². The lowest BCUT2D eigenvalue weighted by molar-refractivity contribution is 0.398. The predicted octanol–water partition coefficient (Wildman–Crippen LogP) is 2.04. The van der Waals surface area contributed by atoms with Crippen molar-refractivity contribution >= 4 is 5.69 Å². The first-order chi connectivity index (χ1) is 7.72. The SMILES string of the molecule is COc1cc(-c2cncc(N)c2C)ccn1. The quantitative estimate of drug-likeness (QED) is 0.832. The Hall–Kier alpha value is -2.10. The highest BCUT2D eigenvalue weighted by Gasteiger charge is 2.06. The fourth-order valence-electron chi connectivity index (χ4n) is 1.52. The van der Waals surface area contributed by atoms with Gasteiger partial charge in [0.1, 0.15) is 0 Å². The van der Waals surface area contributed by atoms with Gasteiger partial charge >= 0.3 is 0 Å². The number of pyridine rings is 2. The summed E-state index contributed by atoms with van der Waals surface area (Å²) in [4.78, 5) is 8.15. The number of rotatable bonds is 2. The molecule has 16 heavy (non-hydrogen) atoms. The van der Waals surface area contributed by atoms with Crippen LogP contribution < -0.4 is 10.5 Å². The van der Waals surface area contributed by atoms with Crippen molar-refractivity contribution in [2.24, 2.45) is 0 Å². The molecule has 82 valence electrons. The average molecular weight is 215 g/mol. The molecule has 0 saturated heterocycles. The average Bonchev–Trinajstić information content (AvgIpc) is 2.33. The molecule has 2 aromatic heterocycles. The van der Waals surface area contributed by atoms with Crippen LogP contribution in [0.5, 0.6) is 5.88 Å². The Bertz CT molecular complexity index is 511. The van der Waals surface area contributed by atoms with E-state index >= 15 is 0 Å². The van der Waals surface area contributed by atoms with E-state index in [-0.39, 0.29) is 0 Å². The van der Waals surface area contributed by atoms with E-state index in [0.717, 1.165) is 16.7 Å². The number of ether oxygens (including phenoxy) is 1. The van der Waals surface area contributed by atoms with Crippen LogP contribution in [0.2, 0.25) is 0 Å². The molecular weight excluding hydrogens is 202 g/mol. The highest BCUT2D eigenvalue weighted by atomic mass is 16.5. The first-order valence-electron chi connectivity index (χ1n) is 4.93. The van der Waals surface area contributed by atoms with Gasteiger partial charge in [-0.3, -0.25) is 4.98 Å². The molecule has 2 N–H and O–H groups in total. The van der Waals surface area contributed by atoms with Crippen molar-refractivity contribution in [1.82, 2.24) is 9.97 Å². The molecule has 0 unspecified atom stereocenters. The molecular formula is C12H13N3O. The van der Waals surface area contributed by atoms with Gasteiger partial charge in [0, 0.05) is 24.0 Å².